The molecular weight excluding hydrogens is 496 g/mol. The molecule has 11 heteroatoms. The number of hydrogen-bond acceptors (Lipinski definition) is 10. The Labute approximate surface area is 217 Å². The maximum Gasteiger partial charge on any atom is 0.309 e. The van der Waals surface area contributed by atoms with Crippen molar-refractivity contribution < 1.29 is 43.7 Å². The summed E-state index contributed by atoms with van der Waals surface area (Å²) < 4.78 is 5.95. The topological polar surface area (TPSA) is 204 Å². The molecule has 1 aromatic carbocycles. The lowest BCUT2D eigenvalue weighted by molar-refractivity contribution is -0.200. The van der Waals surface area contributed by atoms with Gasteiger partial charge < -0.3 is 26.4 Å². The number of hydrogen-bond donors (Lipinski definition) is 4. The Morgan fingerprint density at radius 2 is 1.71 bits per heavy atom. The van der Waals surface area contributed by atoms with E-state index >= 15 is 0 Å². The molecule has 3 fully saturated rings. The lowest BCUT2D eigenvalue weighted by atomic mass is 9.50. The van der Waals surface area contributed by atoms with Crippen LogP contribution in [0.1, 0.15) is 67.3 Å². The van der Waals surface area contributed by atoms with Crippen molar-refractivity contribution >= 4 is 40.7 Å². The zero-order valence-electron chi connectivity index (χ0n) is 20.8. The van der Waals surface area contributed by atoms with E-state index in [-0.39, 0.29) is 16.8 Å². The number of rotatable bonds is 3. The van der Waals surface area contributed by atoms with Crippen molar-refractivity contribution in [2.75, 3.05) is 5.73 Å². The minimum absolute atomic E-state index is 0.173. The van der Waals surface area contributed by atoms with Gasteiger partial charge in [-0.05, 0) is 36.5 Å². The minimum Gasteiger partial charge on any atom is -0.507 e. The van der Waals surface area contributed by atoms with Crippen LogP contribution in [0.25, 0.3) is 0 Å². The highest BCUT2D eigenvalue weighted by molar-refractivity contribution is 6.31. The first-order valence-corrected chi connectivity index (χ1v) is 12.9. The van der Waals surface area contributed by atoms with Crippen molar-refractivity contribution in [2.24, 2.45) is 35.3 Å². The van der Waals surface area contributed by atoms with Crippen LogP contribution in [0, 0.1) is 29.6 Å². The van der Waals surface area contributed by atoms with Gasteiger partial charge >= 0.3 is 5.97 Å². The number of benzene rings is 1. The van der Waals surface area contributed by atoms with E-state index in [1.165, 1.54) is 12.1 Å². The lowest BCUT2D eigenvalue weighted by Crippen LogP contribution is -2.73. The first-order valence-electron chi connectivity index (χ1n) is 12.9. The standard InChI is InChI=1S/C27H30N2O9/c1-10-16-13(28)7-8-14(30)18(16)21(32)20-17(10)22(38-26(36)11-5-3-2-4-6-11)12-9-15(31)19(25(29)35)23(33)27(12,37)24(20)34/h7-8,10-12,17,19-20,22,30,37H,2-6,9,28H2,1H3,(H2,29,35)/t10-,12+,17+,19?,20?,22+,27+/m0/s1. The molecule has 0 aliphatic heterocycles. The number of amides is 1. The highest BCUT2D eigenvalue weighted by Crippen LogP contribution is 2.55. The molecular formula is C27H30N2O9. The fourth-order valence-electron chi connectivity index (χ4n) is 7.16. The van der Waals surface area contributed by atoms with E-state index < -0.39 is 94.4 Å². The van der Waals surface area contributed by atoms with Crippen LogP contribution in [0.3, 0.4) is 0 Å². The number of nitrogens with two attached hydrogens (primary N) is 2. The molecule has 4 aliphatic rings. The van der Waals surface area contributed by atoms with Crippen LogP contribution in [0.2, 0.25) is 0 Å². The molecule has 5 rings (SSSR count). The predicted octanol–water partition coefficient (Wildman–Crippen LogP) is 0.572. The first-order chi connectivity index (χ1) is 17.9. The Balaban J connectivity index is 1.68. The maximum absolute atomic E-state index is 13.9. The normalized spacial score (nSPS) is 35.2. The summed E-state index contributed by atoms with van der Waals surface area (Å²) in [5.74, 6) is -14.3. The highest BCUT2D eigenvalue weighted by Gasteiger charge is 2.71. The summed E-state index contributed by atoms with van der Waals surface area (Å²) in [5.41, 5.74) is 8.70. The van der Waals surface area contributed by atoms with Gasteiger partial charge in [-0.25, -0.2) is 0 Å². The van der Waals surface area contributed by atoms with E-state index in [0.717, 1.165) is 19.3 Å². The number of primary amides is 1. The summed E-state index contributed by atoms with van der Waals surface area (Å²) >= 11 is 0. The molecule has 2 unspecified atom stereocenters. The quantitative estimate of drug-likeness (QED) is 0.186. The number of fused-ring (bicyclic) bond motifs is 3. The number of aliphatic hydroxyl groups is 1. The number of phenols is 1. The molecule has 0 spiro atoms. The van der Waals surface area contributed by atoms with Crippen LogP contribution in [0.15, 0.2) is 12.1 Å². The first kappa shape index (κ1) is 26.0. The van der Waals surface area contributed by atoms with Crippen LogP contribution in [0.4, 0.5) is 5.69 Å². The third-order valence-corrected chi connectivity index (χ3v) is 9.03. The predicted molar refractivity (Wildman–Crippen MR) is 129 cm³/mol. The van der Waals surface area contributed by atoms with Gasteiger partial charge in [0.15, 0.2) is 34.7 Å². The van der Waals surface area contributed by atoms with Crippen molar-refractivity contribution in [3.05, 3.63) is 23.3 Å². The van der Waals surface area contributed by atoms with Gasteiger partial charge in [0.05, 0.1) is 17.4 Å². The molecule has 0 bridgehead atoms. The number of Topliss-reactive ketones (excluding diaryl/α,β-unsaturated/α-hetero) is 4. The number of esters is 1. The molecule has 0 aromatic heterocycles. The SMILES string of the molecule is C[C@H]1c2c(N)ccc(O)c2C(=O)C2C(=O)[C@]3(O)C(=O)C(C(N)=O)C(=O)C[C@@H]3[C@@H](OC(=O)C3CCCCC3)[C@@H]21. The second-order valence-electron chi connectivity index (χ2n) is 11.0. The van der Waals surface area contributed by atoms with Gasteiger partial charge in [-0.2, -0.15) is 0 Å². The Morgan fingerprint density at radius 3 is 2.34 bits per heavy atom. The van der Waals surface area contributed by atoms with Crippen molar-refractivity contribution in [3.8, 4) is 5.75 Å². The van der Waals surface area contributed by atoms with Crippen molar-refractivity contribution in [1.82, 2.24) is 0 Å². The van der Waals surface area contributed by atoms with Crippen molar-refractivity contribution in [3.63, 3.8) is 0 Å². The van der Waals surface area contributed by atoms with Gasteiger partial charge in [-0.15, -0.1) is 0 Å². The zero-order chi connectivity index (χ0) is 27.7. The summed E-state index contributed by atoms with van der Waals surface area (Å²) in [6.45, 7) is 1.65. The Morgan fingerprint density at radius 1 is 1.05 bits per heavy atom. The number of ether oxygens (including phenoxy) is 1. The summed E-state index contributed by atoms with van der Waals surface area (Å²) in [4.78, 5) is 79.2. The van der Waals surface area contributed by atoms with E-state index in [4.69, 9.17) is 16.2 Å². The number of phenolic OH excluding ortho intramolecular Hbond substituents is 1. The molecule has 0 saturated heterocycles. The minimum atomic E-state index is -2.96. The Kier molecular flexibility index (Phi) is 6.17. The number of nitrogen functional groups attached to an aromatic ring is 1. The van der Waals surface area contributed by atoms with Crippen molar-refractivity contribution in [1.29, 1.82) is 0 Å². The largest absolute Gasteiger partial charge is 0.507 e. The van der Waals surface area contributed by atoms with Gasteiger partial charge in [0.1, 0.15) is 11.9 Å². The Hall–Kier alpha value is -3.60. The van der Waals surface area contributed by atoms with E-state index in [0.29, 0.717) is 12.8 Å². The monoisotopic (exact) mass is 526 g/mol. The zero-order valence-corrected chi connectivity index (χ0v) is 20.8. The molecule has 4 aliphatic carbocycles. The van der Waals surface area contributed by atoms with Gasteiger partial charge in [0, 0.05) is 23.9 Å². The number of carbonyl (C=O) groups excluding carboxylic acids is 6. The smallest absolute Gasteiger partial charge is 0.309 e. The third kappa shape index (κ3) is 3.51. The van der Waals surface area contributed by atoms with Crippen LogP contribution in [0.5, 0.6) is 5.75 Å². The van der Waals surface area contributed by atoms with Gasteiger partial charge in [-0.3, -0.25) is 28.8 Å². The molecule has 11 nitrogen and oxygen atoms in total. The lowest BCUT2D eigenvalue weighted by Gasteiger charge is -2.54. The van der Waals surface area contributed by atoms with E-state index in [9.17, 15) is 39.0 Å². The summed E-state index contributed by atoms with van der Waals surface area (Å²) in [6, 6.07) is 2.62. The summed E-state index contributed by atoms with van der Waals surface area (Å²) in [6.07, 6.45) is 1.73. The average molecular weight is 527 g/mol. The average Bonchev–Trinajstić information content (AvgIpc) is 2.87. The molecule has 38 heavy (non-hydrogen) atoms. The molecule has 0 radical (unpaired) electrons. The van der Waals surface area contributed by atoms with Crippen LogP contribution in [-0.4, -0.2) is 56.9 Å². The van der Waals surface area contributed by atoms with Crippen LogP contribution >= 0.6 is 0 Å². The maximum atomic E-state index is 13.9. The molecule has 1 amide bonds. The second kappa shape index (κ2) is 9.00. The van der Waals surface area contributed by atoms with Crippen LogP contribution < -0.4 is 11.5 Å². The Bertz CT molecular complexity index is 1280. The van der Waals surface area contributed by atoms with Gasteiger partial charge in [0.25, 0.3) is 0 Å². The van der Waals surface area contributed by atoms with E-state index in [2.05, 4.69) is 0 Å². The van der Waals surface area contributed by atoms with Crippen molar-refractivity contribution in [2.45, 2.75) is 63.1 Å². The highest BCUT2D eigenvalue weighted by atomic mass is 16.5. The van der Waals surface area contributed by atoms with E-state index in [1.807, 2.05) is 0 Å². The molecule has 7 atom stereocenters. The summed E-state index contributed by atoms with van der Waals surface area (Å²) in [7, 11) is 0. The second-order valence-corrected chi connectivity index (χ2v) is 11.0. The number of ketones is 4. The fraction of sp³-hybridized carbons (Fsp3) is 0.556. The van der Waals surface area contributed by atoms with Gasteiger partial charge in [0.2, 0.25) is 5.91 Å². The molecule has 3 saturated carbocycles. The summed E-state index contributed by atoms with van der Waals surface area (Å²) in [5, 5.41) is 22.2. The number of carbonyl (C=O) groups is 6. The fourth-order valence-corrected chi connectivity index (χ4v) is 7.16. The molecule has 0 heterocycles. The molecule has 202 valence electrons. The van der Waals surface area contributed by atoms with Gasteiger partial charge in [-0.1, -0.05) is 26.2 Å². The molecule has 1 aromatic rings. The third-order valence-electron chi connectivity index (χ3n) is 9.03. The number of aromatic hydroxyl groups is 1. The molecule has 6 N–H and O–H groups in total. The number of anilines is 1. The van der Waals surface area contributed by atoms with E-state index in [1.54, 1.807) is 6.92 Å². The van der Waals surface area contributed by atoms with Crippen LogP contribution in [-0.2, 0) is 28.7 Å².